The maximum Gasteiger partial charge on any atom is 0.329 e. The number of amides is 1. The molecule has 0 spiro atoms. The van der Waals surface area contributed by atoms with Crippen molar-refractivity contribution in [2.45, 2.75) is 37.8 Å². The predicted molar refractivity (Wildman–Crippen MR) is 69.2 cm³/mol. The van der Waals surface area contributed by atoms with Crippen molar-refractivity contribution in [2.24, 2.45) is 11.7 Å². The van der Waals surface area contributed by atoms with Crippen LogP contribution in [0.5, 0.6) is 0 Å². The smallest absolute Gasteiger partial charge is 0.329 e. The fraction of sp³-hybridized carbons (Fsp3) is 0.818. The molecule has 0 saturated heterocycles. The molecule has 0 aromatic carbocycles. The lowest BCUT2D eigenvalue weighted by Gasteiger charge is -2.27. The van der Waals surface area contributed by atoms with Gasteiger partial charge in [0, 0.05) is 6.26 Å². The fourth-order valence-electron chi connectivity index (χ4n) is 1.81. The van der Waals surface area contributed by atoms with Crippen molar-refractivity contribution in [1.82, 2.24) is 5.32 Å². The van der Waals surface area contributed by atoms with E-state index in [1.807, 2.05) is 0 Å². The van der Waals surface area contributed by atoms with Gasteiger partial charge in [-0.25, -0.2) is 13.2 Å². The second kappa shape index (κ2) is 5.46. The van der Waals surface area contributed by atoms with Crippen LogP contribution < -0.4 is 11.1 Å². The van der Waals surface area contributed by atoms with Crippen molar-refractivity contribution in [3.05, 3.63) is 0 Å². The summed E-state index contributed by atoms with van der Waals surface area (Å²) in [5.41, 5.74) is 4.26. The zero-order chi connectivity index (χ0) is 14.8. The lowest BCUT2D eigenvalue weighted by atomic mass is 9.95. The average molecular weight is 292 g/mol. The Hall–Kier alpha value is -1.15. The number of carboxylic acid groups (broad SMARTS) is 1. The van der Waals surface area contributed by atoms with E-state index in [1.54, 1.807) is 0 Å². The molecule has 0 aromatic rings. The Labute approximate surface area is 112 Å². The van der Waals surface area contributed by atoms with E-state index in [0.717, 1.165) is 19.1 Å². The van der Waals surface area contributed by atoms with Crippen LogP contribution in [0.2, 0.25) is 0 Å². The van der Waals surface area contributed by atoms with Gasteiger partial charge in [0.2, 0.25) is 5.91 Å². The minimum absolute atomic E-state index is 0.0228. The minimum Gasteiger partial charge on any atom is -0.480 e. The third kappa shape index (κ3) is 4.46. The number of carboxylic acids is 1. The maximum absolute atomic E-state index is 11.8. The van der Waals surface area contributed by atoms with Gasteiger partial charge in [0.05, 0.1) is 11.8 Å². The van der Waals surface area contributed by atoms with Crippen LogP contribution in [-0.2, 0) is 19.4 Å². The number of aliphatic carboxylic acids is 1. The second-order valence-electron chi connectivity index (χ2n) is 5.30. The number of carbonyl (C=O) groups excluding carboxylic acids is 1. The average Bonchev–Trinajstić information content (AvgIpc) is 3.07. The van der Waals surface area contributed by atoms with Crippen molar-refractivity contribution in [2.75, 3.05) is 12.0 Å². The Morgan fingerprint density at radius 1 is 1.47 bits per heavy atom. The number of rotatable bonds is 7. The zero-order valence-electron chi connectivity index (χ0n) is 11.0. The highest BCUT2D eigenvalue weighted by atomic mass is 32.2. The quantitative estimate of drug-likeness (QED) is 0.559. The molecular weight excluding hydrogens is 272 g/mol. The molecule has 2 atom stereocenters. The monoisotopic (exact) mass is 292 g/mol. The summed E-state index contributed by atoms with van der Waals surface area (Å²) < 4.78 is 22.0. The lowest BCUT2D eigenvalue weighted by molar-refractivity contribution is -0.148. The molecule has 7 nitrogen and oxygen atoms in total. The van der Waals surface area contributed by atoms with E-state index in [1.165, 1.54) is 6.92 Å². The van der Waals surface area contributed by atoms with E-state index in [4.69, 9.17) is 5.73 Å². The van der Waals surface area contributed by atoms with Crippen LogP contribution in [0.3, 0.4) is 0 Å². The summed E-state index contributed by atoms with van der Waals surface area (Å²) in [5, 5.41) is 11.6. The summed E-state index contributed by atoms with van der Waals surface area (Å²) >= 11 is 0. The van der Waals surface area contributed by atoms with Gasteiger partial charge in [-0.3, -0.25) is 4.79 Å². The van der Waals surface area contributed by atoms with Gasteiger partial charge >= 0.3 is 5.97 Å². The van der Waals surface area contributed by atoms with Gasteiger partial charge in [0.15, 0.2) is 0 Å². The Kier molecular flexibility index (Phi) is 4.57. The standard InChI is InChI=1S/C11H20N2O5S/c1-11(10(15)16,7-3-4-7)13-9(14)8(12)5-6-19(2,17)18/h7-8H,3-6,12H2,1-2H3,(H,13,14)(H,15,16). The van der Waals surface area contributed by atoms with E-state index in [0.29, 0.717) is 0 Å². The number of nitrogens with two attached hydrogens (primary N) is 1. The van der Waals surface area contributed by atoms with Gasteiger partial charge in [0.1, 0.15) is 15.4 Å². The van der Waals surface area contributed by atoms with Crippen molar-refractivity contribution >= 4 is 21.7 Å². The first-order chi connectivity index (χ1) is 8.56. The van der Waals surface area contributed by atoms with Crippen LogP contribution in [-0.4, -0.2) is 49.0 Å². The fourth-order valence-corrected chi connectivity index (χ4v) is 2.49. The number of sulfone groups is 1. The number of carbonyl (C=O) groups is 2. The van der Waals surface area contributed by atoms with Crippen molar-refractivity contribution in [3.63, 3.8) is 0 Å². The topological polar surface area (TPSA) is 127 Å². The number of nitrogens with one attached hydrogen (secondary N) is 1. The predicted octanol–water partition coefficient (Wildman–Crippen LogP) is -0.882. The Balaban J connectivity index is 2.60. The summed E-state index contributed by atoms with van der Waals surface area (Å²) in [6.07, 6.45) is 2.54. The van der Waals surface area contributed by atoms with Crippen molar-refractivity contribution < 1.29 is 23.1 Å². The van der Waals surface area contributed by atoms with E-state index >= 15 is 0 Å². The third-order valence-corrected chi connectivity index (χ3v) is 4.33. The Morgan fingerprint density at radius 2 is 2.00 bits per heavy atom. The molecule has 4 N–H and O–H groups in total. The molecular formula is C11H20N2O5S. The molecule has 0 aliphatic heterocycles. The summed E-state index contributed by atoms with van der Waals surface area (Å²) in [7, 11) is -3.19. The lowest BCUT2D eigenvalue weighted by Crippen LogP contribution is -2.58. The van der Waals surface area contributed by atoms with Crippen LogP contribution in [0.1, 0.15) is 26.2 Å². The van der Waals surface area contributed by atoms with E-state index < -0.39 is 33.3 Å². The second-order valence-corrected chi connectivity index (χ2v) is 7.56. The number of hydrogen-bond acceptors (Lipinski definition) is 5. The Morgan fingerprint density at radius 3 is 2.37 bits per heavy atom. The van der Waals surface area contributed by atoms with Gasteiger partial charge in [0.25, 0.3) is 0 Å². The molecule has 0 aromatic heterocycles. The molecule has 1 amide bonds. The highest BCUT2D eigenvalue weighted by Crippen LogP contribution is 2.39. The number of hydrogen-bond donors (Lipinski definition) is 3. The molecule has 2 unspecified atom stereocenters. The zero-order valence-corrected chi connectivity index (χ0v) is 11.9. The highest BCUT2D eigenvalue weighted by Gasteiger charge is 2.48. The first-order valence-electron chi connectivity index (χ1n) is 6.05. The van der Waals surface area contributed by atoms with Gasteiger partial charge in [-0.2, -0.15) is 0 Å². The van der Waals surface area contributed by atoms with Crippen LogP contribution in [0, 0.1) is 5.92 Å². The first-order valence-corrected chi connectivity index (χ1v) is 8.11. The minimum atomic E-state index is -3.19. The van der Waals surface area contributed by atoms with Crippen molar-refractivity contribution in [3.8, 4) is 0 Å². The molecule has 1 rings (SSSR count). The molecule has 1 aliphatic carbocycles. The molecule has 0 heterocycles. The summed E-state index contributed by atoms with van der Waals surface area (Å²) in [5.74, 6) is -2.01. The van der Waals surface area contributed by atoms with Gasteiger partial charge < -0.3 is 16.2 Å². The van der Waals surface area contributed by atoms with Crippen LogP contribution >= 0.6 is 0 Å². The third-order valence-electron chi connectivity index (χ3n) is 3.36. The van der Waals surface area contributed by atoms with E-state index in [2.05, 4.69) is 5.32 Å². The molecule has 19 heavy (non-hydrogen) atoms. The van der Waals surface area contributed by atoms with Gasteiger partial charge in [-0.15, -0.1) is 0 Å². The molecule has 0 radical (unpaired) electrons. The van der Waals surface area contributed by atoms with Crippen LogP contribution in [0.15, 0.2) is 0 Å². The summed E-state index contributed by atoms with van der Waals surface area (Å²) in [6.45, 7) is 1.45. The van der Waals surface area contributed by atoms with Gasteiger partial charge in [-0.1, -0.05) is 0 Å². The molecule has 1 saturated carbocycles. The molecule has 1 fully saturated rings. The van der Waals surface area contributed by atoms with E-state index in [9.17, 15) is 23.1 Å². The normalized spacial score (nSPS) is 20.4. The largest absolute Gasteiger partial charge is 0.480 e. The van der Waals surface area contributed by atoms with E-state index in [-0.39, 0.29) is 18.1 Å². The first kappa shape index (κ1) is 15.9. The molecule has 1 aliphatic rings. The SMILES string of the molecule is CC(NC(=O)C(N)CCS(C)(=O)=O)(C(=O)O)C1CC1. The molecule has 110 valence electrons. The maximum atomic E-state index is 11.8. The van der Waals surface area contributed by atoms with Crippen LogP contribution in [0.25, 0.3) is 0 Å². The summed E-state index contributed by atoms with van der Waals surface area (Å²) in [4.78, 5) is 23.0. The van der Waals surface area contributed by atoms with Crippen LogP contribution in [0.4, 0.5) is 0 Å². The Bertz CT molecular complexity index is 471. The molecule has 0 bridgehead atoms. The molecule has 8 heteroatoms. The van der Waals surface area contributed by atoms with Gasteiger partial charge in [-0.05, 0) is 32.1 Å². The summed E-state index contributed by atoms with van der Waals surface area (Å²) in [6, 6.07) is -1.02. The van der Waals surface area contributed by atoms with Crippen molar-refractivity contribution in [1.29, 1.82) is 0 Å². The highest BCUT2D eigenvalue weighted by molar-refractivity contribution is 7.90.